The zero-order valence-corrected chi connectivity index (χ0v) is 14.4. The molecule has 1 saturated heterocycles. The van der Waals surface area contributed by atoms with Gasteiger partial charge in [0, 0.05) is 18.1 Å². The highest BCUT2D eigenvalue weighted by Gasteiger charge is 2.20. The molecule has 1 aliphatic rings. The van der Waals surface area contributed by atoms with Gasteiger partial charge in [-0.05, 0) is 31.0 Å². The van der Waals surface area contributed by atoms with Crippen molar-refractivity contribution in [3.8, 4) is 0 Å². The summed E-state index contributed by atoms with van der Waals surface area (Å²) in [6.07, 6.45) is 5.11. The number of halogens is 2. The fraction of sp³-hybridized carbons (Fsp3) is 0.286. The number of sulfonamides is 1. The second-order valence-electron chi connectivity index (χ2n) is 5.15. The van der Waals surface area contributed by atoms with Gasteiger partial charge in [0.2, 0.25) is 5.95 Å². The molecule has 0 radical (unpaired) electrons. The zero-order valence-electron chi connectivity index (χ0n) is 12.0. The molecule has 1 aliphatic heterocycles. The van der Waals surface area contributed by atoms with E-state index in [0.717, 1.165) is 25.9 Å². The molecule has 122 valence electrons. The van der Waals surface area contributed by atoms with Crippen molar-refractivity contribution in [1.29, 1.82) is 0 Å². The summed E-state index contributed by atoms with van der Waals surface area (Å²) >= 11 is 11.8. The molecule has 0 atom stereocenters. The number of aromatic nitrogens is 2. The SMILES string of the molecule is O=S(=O)(Nc1cnc(N2CCCC2)nc1)c1cc(Cl)ccc1Cl. The van der Waals surface area contributed by atoms with Gasteiger partial charge in [0.15, 0.2) is 0 Å². The van der Waals surface area contributed by atoms with Crippen LogP contribution in [-0.2, 0) is 10.0 Å². The predicted molar refractivity (Wildman–Crippen MR) is 90.7 cm³/mol. The van der Waals surface area contributed by atoms with Crippen LogP contribution in [0.25, 0.3) is 0 Å². The van der Waals surface area contributed by atoms with E-state index in [4.69, 9.17) is 23.2 Å². The summed E-state index contributed by atoms with van der Waals surface area (Å²) in [6, 6.07) is 4.26. The number of hydrogen-bond acceptors (Lipinski definition) is 5. The van der Waals surface area contributed by atoms with Crippen LogP contribution in [0.2, 0.25) is 10.0 Å². The van der Waals surface area contributed by atoms with Crippen LogP contribution in [-0.4, -0.2) is 31.5 Å². The van der Waals surface area contributed by atoms with E-state index in [1.807, 2.05) is 0 Å². The first-order chi connectivity index (χ1) is 11.0. The predicted octanol–water partition coefficient (Wildman–Crippen LogP) is 3.18. The first-order valence-electron chi connectivity index (χ1n) is 7.00. The van der Waals surface area contributed by atoms with Gasteiger partial charge < -0.3 is 4.90 Å². The van der Waals surface area contributed by atoms with Crippen molar-refractivity contribution < 1.29 is 8.42 Å². The van der Waals surface area contributed by atoms with Gasteiger partial charge >= 0.3 is 0 Å². The molecule has 0 spiro atoms. The minimum atomic E-state index is -3.86. The Morgan fingerprint density at radius 2 is 1.74 bits per heavy atom. The molecule has 0 amide bonds. The molecule has 0 aliphatic carbocycles. The maximum Gasteiger partial charge on any atom is 0.263 e. The highest BCUT2D eigenvalue weighted by Crippen LogP contribution is 2.26. The van der Waals surface area contributed by atoms with E-state index in [0.29, 0.717) is 5.95 Å². The van der Waals surface area contributed by atoms with E-state index >= 15 is 0 Å². The molecule has 1 aromatic carbocycles. The largest absolute Gasteiger partial charge is 0.341 e. The third-order valence-corrected chi connectivity index (χ3v) is 5.56. The number of nitrogens with one attached hydrogen (secondary N) is 1. The van der Waals surface area contributed by atoms with Gasteiger partial charge in [-0.3, -0.25) is 4.72 Å². The molecule has 9 heteroatoms. The zero-order chi connectivity index (χ0) is 16.4. The van der Waals surface area contributed by atoms with Gasteiger partial charge in [0.05, 0.1) is 23.1 Å². The lowest BCUT2D eigenvalue weighted by Gasteiger charge is -2.15. The summed E-state index contributed by atoms with van der Waals surface area (Å²) in [7, 11) is -3.86. The molecule has 2 aromatic rings. The summed E-state index contributed by atoms with van der Waals surface area (Å²) in [5.74, 6) is 0.603. The van der Waals surface area contributed by atoms with Crippen LogP contribution in [0, 0.1) is 0 Å². The third-order valence-electron chi connectivity index (χ3n) is 3.46. The van der Waals surface area contributed by atoms with Crippen molar-refractivity contribution in [2.24, 2.45) is 0 Å². The standard InChI is InChI=1S/C14H14Cl2N4O2S/c15-10-3-4-12(16)13(7-10)23(21,22)19-11-8-17-14(18-9-11)20-5-1-2-6-20/h3-4,7-9,19H,1-2,5-6H2. The van der Waals surface area contributed by atoms with Crippen LogP contribution in [0.1, 0.15) is 12.8 Å². The molecule has 2 heterocycles. The van der Waals surface area contributed by atoms with Gasteiger partial charge in [-0.25, -0.2) is 18.4 Å². The molecule has 1 N–H and O–H groups in total. The van der Waals surface area contributed by atoms with Gasteiger partial charge in [-0.1, -0.05) is 23.2 Å². The lowest BCUT2D eigenvalue weighted by atomic mass is 10.4. The Labute approximate surface area is 144 Å². The summed E-state index contributed by atoms with van der Waals surface area (Å²) in [6.45, 7) is 1.84. The number of nitrogens with zero attached hydrogens (tertiary/aromatic N) is 3. The number of hydrogen-bond donors (Lipinski definition) is 1. The van der Waals surface area contributed by atoms with Crippen LogP contribution < -0.4 is 9.62 Å². The Balaban J connectivity index is 1.81. The minimum absolute atomic E-state index is 0.0877. The molecule has 1 fully saturated rings. The number of anilines is 2. The smallest absolute Gasteiger partial charge is 0.263 e. The van der Waals surface area contributed by atoms with Crippen molar-refractivity contribution >= 4 is 44.9 Å². The first-order valence-corrected chi connectivity index (χ1v) is 9.24. The summed E-state index contributed by atoms with van der Waals surface area (Å²) in [4.78, 5) is 10.4. The van der Waals surface area contributed by atoms with E-state index < -0.39 is 10.0 Å². The van der Waals surface area contributed by atoms with E-state index in [-0.39, 0.29) is 20.6 Å². The Morgan fingerprint density at radius 1 is 1.09 bits per heavy atom. The van der Waals surface area contributed by atoms with Crippen molar-refractivity contribution in [1.82, 2.24) is 9.97 Å². The van der Waals surface area contributed by atoms with Crippen LogP contribution in [0.3, 0.4) is 0 Å². The molecule has 0 bridgehead atoms. The Bertz CT molecular complexity index is 806. The van der Waals surface area contributed by atoms with Crippen LogP contribution in [0.15, 0.2) is 35.5 Å². The molecule has 6 nitrogen and oxygen atoms in total. The average molecular weight is 373 g/mol. The molecule has 0 saturated carbocycles. The van der Waals surface area contributed by atoms with E-state index in [1.165, 1.54) is 30.6 Å². The van der Waals surface area contributed by atoms with Crippen molar-refractivity contribution in [2.75, 3.05) is 22.7 Å². The van der Waals surface area contributed by atoms with Crippen molar-refractivity contribution in [3.63, 3.8) is 0 Å². The lowest BCUT2D eigenvalue weighted by Crippen LogP contribution is -2.20. The number of benzene rings is 1. The van der Waals surface area contributed by atoms with Crippen molar-refractivity contribution in [3.05, 3.63) is 40.6 Å². The maximum atomic E-state index is 12.4. The van der Waals surface area contributed by atoms with E-state index in [2.05, 4.69) is 19.6 Å². The summed E-state index contributed by atoms with van der Waals surface area (Å²) in [5.41, 5.74) is 0.268. The Morgan fingerprint density at radius 3 is 2.39 bits per heavy atom. The summed E-state index contributed by atoms with van der Waals surface area (Å²) < 4.78 is 27.2. The summed E-state index contributed by atoms with van der Waals surface area (Å²) in [5, 5.41) is 0.381. The Kier molecular flexibility index (Phi) is 4.61. The normalized spacial score (nSPS) is 15.0. The number of rotatable bonds is 4. The lowest BCUT2D eigenvalue weighted by molar-refractivity contribution is 0.601. The second kappa shape index (κ2) is 6.51. The highest BCUT2D eigenvalue weighted by atomic mass is 35.5. The van der Waals surface area contributed by atoms with E-state index in [9.17, 15) is 8.42 Å². The third kappa shape index (κ3) is 3.68. The monoisotopic (exact) mass is 372 g/mol. The van der Waals surface area contributed by atoms with Gasteiger partial charge in [-0.2, -0.15) is 0 Å². The fourth-order valence-electron chi connectivity index (χ4n) is 2.35. The molecular weight excluding hydrogens is 359 g/mol. The Hall–Kier alpha value is -1.57. The topological polar surface area (TPSA) is 75.2 Å². The molecule has 1 aromatic heterocycles. The molecule has 23 heavy (non-hydrogen) atoms. The maximum absolute atomic E-state index is 12.4. The van der Waals surface area contributed by atoms with Gasteiger partial charge in [0.25, 0.3) is 10.0 Å². The van der Waals surface area contributed by atoms with Crippen molar-refractivity contribution in [2.45, 2.75) is 17.7 Å². The van der Waals surface area contributed by atoms with Gasteiger partial charge in [-0.15, -0.1) is 0 Å². The second-order valence-corrected chi connectivity index (χ2v) is 7.64. The quantitative estimate of drug-likeness (QED) is 0.891. The van der Waals surface area contributed by atoms with Gasteiger partial charge in [0.1, 0.15) is 4.90 Å². The molecule has 0 unspecified atom stereocenters. The first kappa shape index (κ1) is 16.3. The fourth-order valence-corrected chi connectivity index (χ4v) is 4.14. The molecular formula is C14H14Cl2N4O2S. The minimum Gasteiger partial charge on any atom is -0.341 e. The van der Waals surface area contributed by atoms with E-state index in [1.54, 1.807) is 0 Å². The molecule has 3 rings (SSSR count). The van der Waals surface area contributed by atoms with Crippen LogP contribution in [0.5, 0.6) is 0 Å². The highest BCUT2D eigenvalue weighted by molar-refractivity contribution is 7.92. The van der Waals surface area contributed by atoms with Crippen LogP contribution >= 0.6 is 23.2 Å². The van der Waals surface area contributed by atoms with Crippen LogP contribution in [0.4, 0.5) is 11.6 Å². The average Bonchev–Trinajstić information content (AvgIpc) is 3.04.